The molecule has 2 N–H and O–H groups in total. The molecule has 94 valence electrons. The van der Waals surface area contributed by atoms with Crippen molar-refractivity contribution in [2.75, 3.05) is 6.54 Å². The molecule has 1 fully saturated rings. The minimum atomic E-state index is -0.189. The zero-order valence-corrected chi connectivity index (χ0v) is 11.6. The molecule has 0 aromatic heterocycles. The highest BCUT2D eigenvalue weighted by Gasteiger charge is 2.31. The summed E-state index contributed by atoms with van der Waals surface area (Å²) in [5.41, 5.74) is 7.39. The predicted octanol–water partition coefficient (Wildman–Crippen LogP) is 4.04. The van der Waals surface area contributed by atoms with Crippen LogP contribution >= 0.6 is 15.9 Å². The normalized spacial score (nSPS) is 19.2. The van der Waals surface area contributed by atoms with Gasteiger partial charge in [0.05, 0.1) is 0 Å². The van der Waals surface area contributed by atoms with Crippen LogP contribution in [0.5, 0.6) is 0 Å². The monoisotopic (exact) mass is 299 g/mol. The Morgan fingerprint density at radius 1 is 1.24 bits per heavy atom. The first-order valence-corrected chi connectivity index (χ1v) is 7.09. The Kier molecular flexibility index (Phi) is 4.21. The van der Waals surface area contributed by atoms with E-state index in [9.17, 15) is 4.39 Å². The third-order valence-corrected chi connectivity index (χ3v) is 4.67. The van der Waals surface area contributed by atoms with Crippen LogP contribution < -0.4 is 5.73 Å². The van der Waals surface area contributed by atoms with Gasteiger partial charge in [0.25, 0.3) is 0 Å². The molecular formula is C14H19BrFN. The van der Waals surface area contributed by atoms with Gasteiger partial charge < -0.3 is 5.73 Å². The lowest BCUT2D eigenvalue weighted by atomic mass is 9.70. The summed E-state index contributed by atoms with van der Waals surface area (Å²) in [6.45, 7) is 0.733. The van der Waals surface area contributed by atoms with Gasteiger partial charge in [0.15, 0.2) is 0 Å². The first-order valence-electron chi connectivity index (χ1n) is 6.29. The SMILES string of the molecule is NCC1(Cc2ccc(F)cc2Br)CCCCC1. The number of nitrogens with two attached hydrogens (primary N) is 1. The second-order valence-electron chi connectivity index (χ2n) is 5.18. The molecule has 0 atom stereocenters. The number of halogens is 2. The van der Waals surface area contributed by atoms with Gasteiger partial charge in [0.1, 0.15) is 5.82 Å². The van der Waals surface area contributed by atoms with E-state index in [4.69, 9.17) is 5.73 Å². The van der Waals surface area contributed by atoms with Crippen LogP contribution in [-0.2, 0) is 6.42 Å². The first kappa shape index (κ1) is 13.0. The molecule has 0 saturated heterocycles. The highest BCUT2D eigenvalue weighted by atomic mass is 79.9. The van der Waals surface area contributed by atoms with E-state index < -0.39 is 0 Å². The fourth-order valence-corrected chi connectivity index (χ4v) is 3.31. The largest absolute Gasteiger partial charge is 0.330 e. The lowest BCUT2D eigenvalue weighted by molar-refractivity contribution is 0.197. The molecule has 1 nitrogen and oxygen atoms in total. The van der Waals surface area contributed by atoms with Crippen LogP contribution in [0.2, 0.25) is 0 Å². The summed E-state index contributed by atoms with van der Waals surface area (Å²) in [4.78, 5) is 0. The van der Waals surface area contributed by atoms with E-state index in [1.165, 1.54) is 43.7 Å². The van der Waals surface area contributed by atoms with Crippen LogP contribution in [0.1, 0.15) is 37.7 Å². The summed E-state index contributed by atoms with van der Waals surface area (Å²) >= 11 is 3.45. The second kappa shape index (κ2) is 5.49. The summed E-state index contributed by atoms with van der Waals surface area (Å²) in [7, 11) is 0. The minimum Gasteiger partial charge on any atom is -0.330 e. The van der Waals surface area contributed by atoms with Crippen LogP contribution in [0.15, 0.2) is 22.7 Å². The van der Waals surface area contributed by atoms with E-state index in [0.29, 0.717) is 0 Å². The molecule has 0 aliphatic heterocycles. The Hall–Kier alpha value is -0.410. The van der Waals surface area contributed by atoms with E-state index in [2.05, 4.69) is 15.9 Å². The average Bonchev–Trinajstić information content (AvgIpc) is 2.34. The molecule has 0 bridgehead atoms. The Morgan fingerprint density at radius 2 is 1.94 bits per heavy atom. The van der Waals surface area contributed by atoms with E-state index in [1.807, 2.05) is 6.07 Å². The van der Waals surface area contributed by atoms with Crippen LogP contribution in [0, 0.1) is 11.2 Å². The molecule has 17 heavy (non-hydrogen) atoms. The van der Waals surface area contributed by atoms with Gasteiger partial charge >= 0.3 is 0 Å². The second-order valence-corrected chi connectivity index (χ2v) is 6.03. The van der Waals surface area contributed by atoms with Crippen molar-refractivity contribution in [2.24, 2.45) is 11.1 Å². The van der Waals surface area contributed by atoms with Gasteiger partial charge in [0.2, 0.25) is 0 Å². The number of hydrogen-bond acceptors (Lipinski definition) is 1. The molecule has 0 radical (unpaired) electrons. The molecule has 1 aliphatic carbocycles. The zero-order chi connectivity index (χ0) is 12.3. The van der Waals surface area contributed by atoms with Crippen molar-refractivity contribution in [3.05, 3.63) is 34.1 Å². The molecule has 3 heteroatoms. The summed E-state index contributed by atoms with van der Waals surface area (Å²) in [5.74, 6) is -0.189. The third-order valence-electron chi connectivity index (χ3n) is 3.93. The predicted molar refractivity (Wildman–Crippen MR) is 72.4 cm³/mol. The van der Waals surface area contributed by atoms with E-state index in [-0.39, 0.29) is 11.2 Å². The Bertz CT molecular complexity index is 386. The van der Waals surface area contributed by atoms with Crippen LogP contribution in [0.3, 0.4) is 0 Å². The Morgan fingerprint density at radius 3 is 2.53 bits per heavy atom. The molecule has 0 amide bonds. The highest BCUT2D eigenvalue weighted by Crippen LogP contribution is 2.39. The smallest absolute Gasteiger partial charge is 0.124 e. The van der Waals surface area contributed by atoms with Crippen molar-refractivity contribution in [2.45, 2.75) is 38.5 Å². The highest BCUT2D eigenvalue weighted by molar-refractivity contribution is 9.10. The van der Waals surface area contributed by atoms with Gasteiger partial charge in [-0.15, -0.1) is 0 Å². The van der Waals surface area contributed by atoms with Gasteiger partial charge in [-0.3, -0.25) is 0 Å². The Labute approximate surface area is 111 Å². The standard InChI is InChI=1S/C14H19BrFN/c15-13-8-12(16)5-4-11(13)9-14(10-17)6-2-1-3-7-14/h4-5,8H,1-3,6-7,9-10,17H2. The Balaban J connectivity index is 2.17. The average molecular weight is 300 g/mol. The molecule has 2 rings (SSSR count). The number of benzene rings is 1. The van der Waals surface area contributed by atoms with Crippen molar-refractivity contribution in [3.63, 3.8) is 0 Å². The summed E-state index contributed by atoms with van der Waals surface area (Å²) < 4.78 is 13.9. The maximum atomic E-state index is 13.0. The summed E-state index contributed by atoms with van der Waals surface area (Å²) in [5, 5.41) is 0. The van der Waals surface area contributed by atoms with E-state index in [0.717, 1.165) is 17.4 Å². The molecule has 1 aliphatic rings. The molecular weight excluding hydrogens is 281 g/mol. The minimum absolute atomic E-state index is 0.189. The molecule has 0 spiro atoms. The van der Waals surface area contributed by atoms with Crippen molar-refractivity contribution in [1.82, 2.24) is 0 Å². The maximum Gasteiger partial charge on any atom is 0.124 e. The zero-order valence-electron chi connectivity index (χ0n) is 10.0. The van der Waals surface area contributed by atoms with Gasteiger partial charge in [-0.1, -0.05) is 41.3 Å². The van der Waals surface area contributed by atoms with Crippen LogP contribution in [0.25, 0.3) is 0 Å². The van der Waals surface area contributed by atoms with Crippen LogP contribution in [0.4, 0.5) is 4.39 Å². The van der Waals surface area contributed by atoms with Gasteiger partial charge in [0, 0.05) is 4.47 Å². The van der Waals surface area contributed by atoms with Crippen molar-refractivity contribution >= 4 is 15.9 Å². The van der Waals surface area contributed by atoms with Gasteiger partial charge in [-0.25, -0.2) is 4.39 Å². The van der Waals surface area contributed by atoms with Gasteiger partial charge in [-0.2, -0.15) is 0 Å². The van der Waals surface area contributed by atoms with E-state index >= 15 is 0 Å². The molecule has 0 unspecified atom stereocenters. The van der Waals surface area contributed by atoms with Crippen molar-refractivity contribution in [1.29, 1.82) is 0 Å². The number of hydrogen-bond donors (Lipinski definition) is 1. The molecule has 0 heterocycles. The van der Waals surface area contributed by atoms with Crippen molar-refractivity contribution < 1.29 is 4.39 Å². The van der Waals surface area contributed by atoms with E-state index in [1.54, 1.807) is 6.07 Å². The maximum absolute atomic E-state index is 13.0. The molecule has 1 aromatic rings. The molecule has 1 aromatic carbocycles. The fourth-order valence-electron chi connectivity index (χ4n) is 2.82. The lowest BCUT2D eigenvalue weighted by Crippen LogP contribution is -2.35. The quantitative estimate of drug-likeness (QED) is 0.895. The fraction of sp³-hybridized carbons (Fsp3) is 0.571. The summed E-state index contributed by atoms with van der Waals surface area (Å²) in [6.07, 6.45) is 7.24. The number of rotatable bonds is 3. The lowest BCUT2D eigenvalue weighted by Gasteiger charge is -2.36. The summed E-state index contributed by atoms with van der Waals surface area (Å²) in [6, 6.07) is 4.96. The topological polar surface area (TPSA) is 26.0 Å². The first-order chi connectivity index (χ1) is 8.15. The van der Waals surface area contributed by atoms with Crippen LogP contribution in [-0.4, -0.2) is 6.54 Å². The van der Waals surface area contributed by atoms with Gasteiger partial charge in [-0.05, 0) is 48.9 Å². The van der Waals surface area contributed by atoms with Crippen molar-refractivity contribution in [3.8, 4) is 0 Å². The molecule has 1 saturated carbocycles. The third kappa shape index (κ3) is 3.08.